The normalized spacial score (nSPS) is 12.0. The molecule has 1 aromatic heterocycles. The second kappa shape index (κ2) is 10.8. The van der Waals surface area contributed by atoms with Gasteiger partial charge in [0.2, 0.25) is 0 Å². The summed E-state index contributed by atoms with van der Waals surface area (Å²) in [6.07, 6.45) is 2.52. The number of fused-ring (bicyclic) bond motifs is 1. The molecule has 1 heterocycles. The maximum atomic E-state index is 13.3. The topological polar surface area (TPSA) is 67.2 Å². The average molecular weight is 475 g/mol. The first-order valence-electron chi connectivity index (χ1n) is 10.9. The van der Waals surface area contributed by atoms with E-state index < -0.39 is 6.04 Å². The van der Waals surface area contributed by atoms with E-state index in [0.29, 0.717) is 45.5 Å². The molecule has 0 aliphatic heterocycles. The molecule has 0 radical (unpaired) electrons. The fraction of sp³-hybridized carbons (Fsp3) is 0.375. The molecular formula is C24H28Cl2N4O2. The fourth-order valence-corrected chi connectivity index (χ4v) is 4.12. The van der Waals surface area contributed by atoms with Gasteiger partial charge in [-0.3, -0.25) is 9.36 Å². The highest BCUT2D eigenvalue weighted by Crippen LogP contribution is 2.27. The van der Waals surface area contributed by atoms with Gasteiger partial charge in [-0.15, -0.1) is 0 Å². The molecule has 3 rings (SSSR count). The highest BCUT2D eigenvalue weighted by atomic mass is 35.5. The van der Waals surface area contributed by atoms with Crippen LogP contribution in [0.15, 0.2) is 47.3 Å². The molecule has 0 saturated carbocycles. The largest absolute Gasteiger partial charge is 0.322 e. The minimum Gasteiger partial charge on any atom is -0.315 e. The van der Waals surface area contributed by atoms with Crippen LogP contribution in [0.3, 0.4) is 0 Å². The number of hydrogen-bond acceptors (Lipinski definition) is 3. The lowest BCUT2D eigenvalue weighted by molar-refractivity contribution is 0.187. The number of rotatable bonds is 8. The van der Waals surface area contributed by atoms with Crippen LogP contribution in [-0.4, -0.2) is 27.0 Å². The third kappa shape index (κ3) is 5.25. The van der Waals surface area contributed by atoms with Crippen LogP contribution in [0.4, 0.5) is 10.5 Å². The van der Waals surface area contributed by atoms with E-state index in [1.807, 2.05) is 32.0 Å². The van der Waals surface area contributed by atoms with Crippen LogP contribution >= 0.6 is 23.2 Å². The molecule has 0 fully saturated rings. The number of aromatic nitrogens is 2. The van der Waals surface area contributed by atoms with Gasteiger partial charge in [-0.25, -0.2) is 9.78 Å². The summed E-state index contributed by atoms with van der Waals surface area (Å²) in [4.78, 5) is 33.0. The Hall–Kier alpha value is -2.57. The minimum atomic E-state index is -0.420. The van der Waals surface area contributed by atoms with Gasteiger partial charge in [0.05, 0.1) is 27.7 Å². The Morgan fingerprint density at radius 2 is 1.91 bits per heavy atom. The zero-order valence-electron chi connectivity index (χ0n) is 18.6. The predicted octanol–water partition coefficient (Wildman–Crippen LogP) is 6.51. The quantitative estimate of drug-likeness (QED) is 0.404. The smallest absolute Gasteiger partial charge is 0.315 e. The van der Waals surface area contributed by atoms with Crippen molar-refractivity contribution in [3.63, 3.8) is 0 Å². The summed E-state index contributed by atoms with van der Waals surface area (Å²) >= 11 is 12.2. The van der Waals surface area contributed by atoms with Gasteiger partial charge < -0.3 is 10.2 Å². The Morgan fingerprint density at radius 3 is 2.59 bits per heavy atom. The van der Waals surface area contributed by atoms with Gasteiger partial charge in [0.15, 0.2) is 0 Å². The van der Waals surface area contributed by atoms with Crippen molar-refractivity contribution < 1.29 is 4.79 Å². The molecule has 1 N–H and O–H groups in total. The van der Waals surface area contributed by atoms with Crippen molar-refractivity contribution >= 4 is 45.8 Å². The Morgan fingerprint density at radius 1 is 1.16 bits per heavy atom. The Balaban J connectivity index is 2.02. The van der Waals surface area contributed by atoms with E-state index in [-0.39, 0.29) is 11.6 Å². The van der Waals surface area contributed by atoms with Crippen molar-refractivity contribution in [3.8, 4) is 0 Å². The summed E-state index contributed by atoms with van der Waals surface area (Å²) in [6.45, 7) is 7.03. The number of benzene rings is 2. The number of anilines is 1. The summed E-state index contributed by atoms with van der Waals surface area (Å²) in [5.74, 6) is 0.573. The first kappa shape index (κ1) is 24.1. The molecular weight excluding hydrogens is 447 g/mol. The van der Waals surface area contributed by atoms with E-state index >= 15 is 0 Å². The van der Waals surface area contributed by atoms with Crippen molar-refractivity contribution in [1.29, 1.82) is 0 Å². The number of urea groups is 1. The van der Waals surface area contributed by atoms with Crippen molar-refractivity contribution in [3.05, 3.63) is 68.7 Å². The summed E-state index contributed by atoms with van der Waals surface area (Å²) in [7, 11) is 0. The minimum absolute atomic E-state index is 0.0871. The number of amides is 2. The Bertz CT molecular complexity index is 1160. The molecule has 1 atom stereocenters. The first-order chi connectivity index (χ1) is 15.4. The number of hydrogen-bond donors (Lipinski definition) is 1. The van der Waals surface area contributed by atoms with Gasteiger partial charge in [-0.1, -0.05) is 55.6 Å². The Labute approximate surface area is 198 Å². The molecule has 0 saturated heterocycles. The molecule has 0 aliphatic rings. The molecule has 2 amide bonds. The molecule has 32 heavy (non-hydrogen) atoms. The summed E-state index contributed by atoms with van der Waals surface area (Å²) in [5.41, 5.74) is 1.02. The number of unbranched alkanes of at least 4 members (excludes halogenated alkanes) is 1. The lowest BCUT2D eigenvalue weighted by atomic mass is 10.2. The third-order valence-electron chi connectivity index (χ3n) is 5.37. The Kier molecular flexibility index (Phi) is 8.15. The van der Waals surface area contributed by atoms with Crippen LogP contribution in [0.25, 0.3) is 10.9 Å². The monoisotopic (exact) mass is 474 g/mol. The highest BCUT2D eigenvalue weighted by Gasteiger charge is 2.26. The number of nitrogens with one attached hydrogen (secondary N) is 1. The number of nitrogens with zero attached hydrogens (tertiary/aromatic N) is 3. The molecule has 0 aliphatic carbocycles. The van der Waals surface area contributed by atoms with E-state index in [1.165, 1.54) is 0 Å². The predicted molar refractivity (Wildman–Crippen MR) is 132 cm³/mol. The van der Waals surface area contributed by atoms with E-state index in [1.54, 1.807) is 33.7 Å². The van der Waals surface area contributed by atoms with Crippen molar-refractivity contribution in [2.24, 2.45) is 0 Å². The van der Waals surface area contributed by atoms with E-state index in [9.17, 15) is 9.59 Å². The standard InChI is InChI=1S/C24H28Cl2N4O2/c1-4-6-14-29(24(32)28-21-12-11-17(25)15-19(21)26)16(3)22-27-20-10-8-7-9-18(20)23(31)30(22)13-5-2/h7-12,15-16H,4-6,13-14H2,1-3H3,(H,28,32). The van der Waals surface area contributed by atoms with E-state index in [0.717, 1.165) is 19.3 Å². The molecule has 2 aromatic carbocycles. The molecule has 170 valence electrons. The van der Waals surface area contributed by atoms with Crippen LogP contribution in [0.1, 0.15) is 51.9 Å². The molecule has 0 spiro atoms. The molecule has 3 aromatic rings. The lowest BCUT2D eigenvalue weighted by Crippen LogP contribution is -2.40. The SMILES string of the molecule is CCCCN(C(=O)Nc1ccc(Cl)cc1Cl)C(C)c1nc2ccccc2c(=O)n1CCC. The number of halogens is 2. The average Bonchev–Trinajstić information content (AvgIpc) is 2.77. The third-order valence-corrected chi connectivity index (χ3v) is 5.91. The highest BCUT2D eigenvalue weighted by molar-refractivity contribution is 6.36. The van der Waals surface area contributed by atoms with Crippen molar-refractivity contribution in [2.75, 3.05) is 11.9 Å². The number of carbonyl (C=O) groups is 1. The van der Waals surface area contributed by atoms with Gasteiger partial charge in [-0.2, -0.15) is 0 Å². The maximum Gasteiger partial charge on any atom is 0.322 e. The van der Waals surface area contributed by atoms with Crippen LogP contribution in [0.2, 0.25) is 10.0 Å². The van der Waals surface area contributed by atoms with Crippen LogP contribution in [0.5, 0.6) is 0 Å². The second-order valence-electron chi connectivity index (χ2n) is 7.72. The number of carbonyl (C=O) groups excluding carboxylic acids is 1. The van der Waals surface area contributed by atoms with Crippen LogP contribution < -0.4 is 10.9 Å². The van der Waals surface area contributed by atoms with Gasteiger partial charge in [-0.05, 0) is 50.1 Å². The van der Waals surface area contributed by atoms with Crippen LogP contribution in [-0.2, 0) is 6.54 Å². The summed E-state index contributed by atoms with van der Waals surface area (Å²) < 4.78 is 1.69. The van der Waals surface area contributed by atoms with Crippen molar-refractivity contribution in [2.45, 2.75) is 52.6 Å². The van der Waals surface area contributed by atoms with Gasteiger partial charge >= 0.3 is 6.03 Å². The summed E-state index contributed by atoms with van der Waals surface area (Å²) in [5, 5.41) is 4.32. The molecule has 6 nitrogen and oxygen atoms in total. The number of para-hydroxylation sites is 1. The first-order valence-corrected chi connectivity index (χ1v) is 11.6. The zero-order valence-corrected chi connectivity index (χ0v) is 20.1. The van der Waals surface area contributed by atoms with Gasteiger partial charge in [0.25, 0.3) is 5.56 Å². The fourth-order valence-electron chi connectivity index (χ4n) is 3.66. The van der Waals surface area contributed by atoms with E-state index in [4.69, 9.17) is 28.2 Å². The van der Waals surface area contributed by atoms with Crippen LogP contribution in [0, 0.1) is 0 Å². The molecule has 1 unspecified atom stereocenters. The van der Waals surface area contributed by atoms with Gasteiger partial charge in [0.1, 0.15) is 5.82 Å². The molecule has 8 heteroatoms. The maximum absolute atomic E-state index is 13.3. The van der Waals surface area contributed by atoms with E-state index in [2.05, 4.69) is 12.2 Å². The zero-order chi connectivity index (χ0) is 23.3. The summed E-state index contributed by atoms with van der Waals surface area (Å²) in [6, 6.07) is 11.5. The van der Waals surface area contributed by atoms with Gasteiger partial charge in [0, 0.05) is 18.1 Å². The molecule has 0 bridgehead atoms. The second-order valence-corrected chi connectivity index (χ2v) is 8.56. The lowest BCUT2D eigenvalue weighted by Gasteiger charge is -2.30. The van der Waals surface area contributed by atoms with Crippen molar-refractivity contribution in [1.82, 2.24) is 14.5 Å².